The van der Waals surface area contributed by atoms with Gasteiger partial charge in [-0.1, -0.05) is 6.07 Å². The first-order valence-electron chi connectivity index (χ1n) is 6.87. The Bertz CT molecular complexity index is 607. The first-order valence-corrected chi connectivity index (χ1v) is 6.87. The van der Waals surface area contributed by atoms with E-state index in [0.717, 1.165) is 5.69 Å². The maximum atomic E-state index is 11.9. The molecule has 0 atom stereocenters. The van der Waals surface area contributed by atoms with Crippen molar-refractivity contribution in [2.45, 2.75) is 20.0 Å². The van der Waals surface area contributed by atoms with Gasteiger partial charge in [-0.15, -0.1) is 0 Å². The van der Waals surface area contributed by atoms with Crippen molar-refractivity contribution in [1.82, 2.24) is 15.1 Å². The topological polar surface area (TPSA) is 82.2 Å². The first-order chi connectivity index (χ1) is 10.1. The SMILES string of the molecule is CC(C)OCCNC(=O)c1ccn(-c2cccc(N)c2)n1. The number of hydrogen-bond acceptors (Lipinski definition) is 4. The van der Waals surface area contributed by atoms with Gasteiger partial charge in [0.1, 0.15) is 0 Å². The predicted molar refractivity (Wildman–Crippen MR) is 81.4 cm³/mol. The van der Waals surface area contributed by atoms with Crippen molar-refractivity contribution < 1.29 is 9.53 Å². The molecular weight excluding hydrogens is 268 g/mol. The van der Waals surface area contributed by atoms with E-state index < -0.39 is 0 Å². The van der Waals surface area contributed by atoms with Gasteiger partial charge in [0.15, 0.2) is 5.69 Å². The summed E-state index contributed by atoms with van der Waals surface area (Å²) >= 11 is 0. The van der Waals surface area contributed by atoms with Crippen LogP contribution in [-0.4, -0.2) is 34.9 Å². The fourth-order valence-electron chi connectivity index (χ4n) is 1.81. The van der Waals surface area contributed by atoms with Crippen LogP contribution in [0.5, 0.6) is 0 Å². The fraction of sp³-hybridized carbons (Fsp3) is 0.333. The molecule has 1 amide bonds. The maximum Gasteiger partial charge on any atom is 0.271 e. The third-order valence-corrected chi connectivity index (χ3v) is 2.80. The van der Waals surface area contributed by atoms with Crippen LogP contribution in [0.1, 0.15) is 24.3 Å². The summed E-state index contributed by atoms with van der Waals surface area (Å²) in [6.45, 7) is 4.85. The van der Waals surface area contributed by atoms with Gasteiger partial charge in [0.25, 0.3) is 5.91 Å². The van der Waals surface area contributed by atoms with Gasteiger partial charge in [-0.05, 0) is 38.1 Å². The van der Waals surface area contributed by atoms with Crippen molar-refractivity contribution in [2.75, 3.05) is 18.9 Å². The van der Waals surface area contributed by atoms with Gasteiger partial charge in [-0.25, -0.2) is 4.68 Å². The van der Waals surface area contributed by atoms with Crippen LogP contribution in [0.15, 0.2) is 36.5 Å². The Morgan fingerprint density at radius 2 is 2.24 bits per heavy atom. The highest BCUT2D eigenvalue weighted by Crippen LogP contribution is 2.11. The Labute approximate surface area is 123 Å². The molecule has 112 valence electrons. The average Bonchev–Trinajstić information content (AvgIpc) is 2.93. The van der Waals surface area contributed by atoms with Crippen molar-refractivity contribution in [1.29, 1.82) is 0 Å². The molecule has 0 aliphatic rings. The number of aromatic nitrogens is 2. The molecule has 0 aliphatic heterocycles. The van der Waals surface area contributed by atoms with E-state index in [-0.39, 0.29) is 12.0 Å². The number of nitrogens with one attached hydrogen (secondary N) is 1. The van der Waals surface area contributed by atoms with Crippen molar-refractivity contribution in [3.8, 4) is 5.69 Å². The summed E-state index contributed by atoms with van der Waals surface area (Å²) in [7, 11) is 0. The lowest BCUT2D eigenvalue weighted by molar-refractivity contribution is 0.0744. The maximum absolute atomic E-state index is 11.9. The van der Waals surface area contributed by atoms with E-state index in [1.54, 1.807) is 29.1 Å². The standard InChI is InChI=1S/C15H20N4O2/c1-11(2)21-9-7-17-15(20)14-6-8-19(18-14)13-5-3-4-12(16)10-13/h3-6,8,10-11H,7,9,16H2,1-2H3,(H,17,20). The molecular formula is C15H20N4O2. The highest BCUT2D eigenvalue weighted by molar-refractivity contribution is 5.92. The second-order valence-corrected chi connectivity index (χ2v) is 4.92. The zero-order chi connectivity index (χ0) is 15.2. The van der Waals surface area contributed by atoms with Gasteiger partial charge in [-0.2, -0.15) is 5.10 Å². The fourth-order valence-corrected chi connectivity index (χ4v) is 1.81. The molecule has 21 heavy (non-hydrogen) atoms. The van der Waals surface area contributed by atoms with Crippen LogP contribution >= 0.6 is 0 Å². The summed E-state index contributed by atoms with van der Waals surface area (Å²) in [6, 6.07) is 8.99. The third kappa shape index (κ3) is 4.32. The summed E-state index contributed by atoms with van der Waals surface area (Å²) in [4.78, 5) is 11.9. The summed E-state index contributed by atoms with van der Waals surface area (Å²) in [5, 5.41) is 7.01. The second kappa shape index (κ2) is 6.90. The van der Waals surface area contributed by atoms with Crippen LogP contribution < -0.4 is 11.1 Å². The molecule has 6 nitrogen and oxygen atoms in total. The molecule has 0 spiro atoms. The summed E-state index contributed by atoms with van der Waals surface area (Å²) in [5.41, 5.74) is 7.57. The number of anilines is 1. The van der Waals surface area contributed by atoms with Gasteiger partial charge in [0.05, 0.1) is 18.4 Å². The highest BCUT2D eigenvalue weighted by atomic mass is 16.5. The number of amides is 1. The molecule has 0 saturated carbocycles. The Morgan fingerprint density at radius 3 is 2.95 bits per heavy atom. The molecule has 3 N–H and O–H groups in total. The van der Waals surface area contributed by atoms with Crippen molar-refractivity contribution in [3.63, 3.8) is 0 Å². The van der Waals surface area contributed by atoms with E-state index in [4.69, 9.17) is 10.5 Å². The average molecular weight is 288 g/mol. The number of nitrogens with two attached hydrogens (primary N) is 1. The number of carbonyl (C=O) groups excluding carboxylic acids is 1. The van der Waals surface area contributed by atoms with Crippen LogP contribution in [0.4, 0.5) is 5.69 Å². The monoisotopic (exact) mass is 288 g/mol. The zero-order valence-corrected chi connectivity index (χ0v) is 12.2. The van der Waals surface area contributed by atoms with E-state index in [1.807, 2.05) is 26.0 Å². The van der Waals surface area contributed by atoms with E-state index in [1.165, 1.54) is 0 Å². The number of rotatable bonds is 6. The van der Waals surface area contributed by atoms with Gasteiger partial charge in [0.2, 0.25) is 0 Å². The van der Waals surface area contributed by atoms with E-state index in [2.05, 4.69) is 10.4 Å². The lowest BCUT2D eigenvalue weighted by atomic mass is 10.3. The Kier molecular flexibility index (Phi) is 4.94. The number of nitrogen functional groups attached to an aromatic ring is 1. The van der Waals surface area contributed by atoms with Crippen LogP contribution in [0.2, 0.25) is 0 Å². The summed E-state index contributed by atoms with van der Waals surface area (Å²) in [5.74, 6) is -0.218. The molecule has 0 bridgehead atoms. The predicted octanol–water partition coefficient (Wildman–Crippen LogP) is 1.61. The number of hydrogen-bond donors (Lipinski definition) is 2. The molecule has 6 heteroatoms. The molecule has 2 rings (SSSR count). The van der Waals surface area contributed by atoms with E-state index >= 15 is 0 Å². The molecule has 2 aromatic rings. The number of ether oxygens (including phenoxy) is 1. The quantitative estimate of drug-likeness (QED) is 0.625. The van der Waals surface area contributed by atoms with Gasteiger partial charge in [-0.3, -0.25) is 4.79 Å². The molecule has 1 heterocycles. The molecule has 0 radical (unpaired) electrons. The van der Waals surface area contributed by atoms with Crippen LogP contribution in [0.3, 0.4) is 0 Å². The zero-order valence-electron chi connectivity index (χ0n) is 12.2. The van der Waals surface area contributed by atoms with E-state index in [0.29, 0.717) is 24.5 Å². The van der Waals surface area contributed by atoms with Crippen LogP contribution in [0, 0.1) is 0 Å². The van der Waals surface area contributed by atoms with Crippen LogP contribution in [0.25, 0.3) is 5.69 Å². The van der Waals surface area contributed by atoms with Crippen molar-refractivity contribution in [2.24, 2.45) is 0 Å². The molecule has 0 fully saturated rings. The Morgan fingerprint density at radius 1 is 1.43 bits per heavy atom. The molecule has 1 aromatic heterocycles. The summed E-state index contributed by atoms with van der Waals surface area (Å²) < 4.78 is 6.98. The number of nitrogens with zero attached hydrogens (tertiary/aromatic N) is 2. The van der Waals surface area contributed by atoms with Gasteiger partial charge in [0, 0.05) is 18.4 Å². The largest absolute Gasteiger partial charge is 0.399 e. The smallest absolute Gasteiger partial charge is 0.271 e. The normalized spacial score (nSPS) is 10.8. The lowest BCUT2D eigenvalue weighted by Crippen LogP contribution is -2.28. The minimum absolute atomic E-state index is 0.157. The van der Waals surface area contributed by atoms with Crippen LogP contribution in [-0.2, 0) is 4.74 Å². The minimum atomic E-state index is -0.218. The molecule has 0 saturated heterocycles. The summed E-state index contributed by atoms with van der Waals surface area (Å²) in [6.07, 6.45) is 1.89. The van der Waals surface area contributed by atoms with E-state index in [9.17, 15) is 4.79 Å². The minimum Gasteiger partial charge on any atom is -0.399 e. The Balaban J connectivity index is 1.95. The molecule has 1 aromatic carbocycles. The molecule has 0 aliphatic carbocycles. The number of carbonyl (C=O) groups is 1. The van der Waals surface area contributed by atoms with Crippen molar-refractivity contribution >= 4 is 11.6 Å². The van der Waals surface area contributed by atoms with Gasteiger partial charge < -0.3 is 15.8 Å². The number of benzene rings is 1. The van der Waals surface area contributed by atoms with Gasteiger partial charge >= 0.3 is 0 Å². The first kappa shape index (κ1) is 15.1. The lowest BCUT2D eigenvalue weighted by Gasteiger charge is -2.07. The second-order valence-electron chi connectivity index (χ2n) is 4.92. The third-order valence-electron chi connectivity index (χ3n) is 2.80. The highest BCUT2D eigenvalue weighted by Gasteiger charge is 2.09. The Hall–Kier alpha value is -2.34. The molecule has 0 unspecified atom stereocenters. The van der Waals surface area contributed by atoms with Crippen molar-refractivity contribution in [3.05, 3.63) is 42.2 Å².